The van der Waals surface area contributed by atoms with Crippen molar-refractivity contribution in [3.63, 3.8) is 0 Å². The smallest absolute Gasteiger partial charge is 0.220 e. The number of hydrogen-bond donors (Lipinski definition) is 1. The SMILES string of the molecule is COc1ccccc1CCC(=O)NCCC1=CCCCC1. The summed E-state index contributed by atoms with van der Waals surface area (Å²) in [7, 11) is 1.66. The minimum absolute atomic E-state index is 0.123. The highest BCUT2D eigenvalue weighted by molar-refractivity contribution is 5.76. The first kappa shape index (κ1) is 15.6. The summed E-state index contributed by atoms with van der Waals surface area (Å²) in [6.45, 7) is 0.761. The maximum absolute atomic E-state index is 11.9. The Hall–Kier alpha value is -1.77. The van der Waals surface area contributed by atoms with Gasteiger partial charge in [0.25, 0.3) is 0 Å². The summed E-state index contributed by atoms with van der Waals surface area (Å²) in [4.78, 5) is 11.9. The van der Waals surface area contributed by atoms with Crippen molar-refractivity contribution in [1.29, 1.82) is 0 Å². The van der Waals surface area contributed by atoms with Crippen LogP contribution in [0.2, 0.25) is 0 Å². The summed E-state index contributed by atoms with van der Waals surface area (Å²) < 4.78 is 5.30. The minimum Gasteiger partial charge on any atom is -0.496 e. The molecule has 1 aromatic rings. The van der Waals surface area contributed by atoms with Gasteiger partial charge in [0.1, 0.15) is 5.75 Å². The molecule has 0 spiro atoms. The molecule has 1 aliphatic carbocycles. The van der Waals surface area contributed by atoms with Crippen molar-refractivity contribution in [2.24, 2.45) is 0 Å². The van der Waals surface area contributed by atoms with Gasteiger partial charge in [0.05, 0.1) is 7.11 Å². The number of aryl methyl sites for hydroxylation is 1. The molecular weight excluding hydrogens is 262 g/mol. The molecule has 1 aromatic carbocycles. The highest BCUT2D eigenvalue weighted by Crippen LogP contribution is 2.20. The van der Waals surface area contributed by atoms with Crippen LogP contribution in [-0.4, -0.2) is 19.6 Å². The van der Waals surface area contributed by atoms with Crippen molar-refractivity contribution in [3.05, 3.63) is 41.5 Å². The van der Waals surface area contributed by atoms with Crippen LogP contribution in [0, 0.1) is 0 Å². The lowest BCUT2D eigenvalue weighted by Gasteiger charge is -2.13. The van der Waals surface area contributed by atoms with E-state index in [9.17, 15) is 4.79 Å². The van der Waals surface area contributed by atoms with E-state index in [4.69, 9.17) is 4.74 Å². The fraction of sp³-hybridized carbons (Fsp3) is 0.500. The van der Waals surface area contributed by atoms with Crippen LogP contribution in [-0.2, 0) is 11.2 Å². The van der Waals surface area contributed by atoms with Gasteiger partial charge in [-0.05, 0) is 50.2 Å². The van der Waals surface area contributed by atoms with Gasteiger partial charge in [0.2, 0.25) is 5.91 Å². The maximum Gasteiger partial charge on any atom is 0.220 e. The minimum atomic E-state index is 0.123. The molecule has 0 bridgehead atoms. The molecule has 21 heavy (non-hydrogen) atoms. The van der Waals surface area contributed by atoms with E-state index in [-0.39, 0.29) is 5.91 Å². The third-order valence-corrected chi connectivity index (χ3v) is 3.97. The molecule has 0 fully saturated rings. The molecule has 1 aliphatic rings. The number of benzene rings is 1. The van der Waals surface area contributed by atoms with E-state index in [2.05, 4.69) is 11.4 Å². The highest BCUT2D eigenvalue weighted by Gasteiger charge is 2.07. The van der Waals surface area contributed by atoms with Crippen molar-refractivity contribution < 1.29 is 9.53 Å². The second kappa shape index (κ2) is 8.50. The van der Waals surface area contributed by atoms with E-state index in [1.165, 1.54) is 31.3 Å². The predicted octanol–water partition coefficient (Wildman–Crippen LogP) is 3.63. The van der Waals surface area contributed by atoms with Crippen molar-refractivity contribution in [3.8, 4) is 5.75 Å². The van der Waals surface area contributed by atoms with Crippen LogP contribution >= 0.6 is 0 Å². The van der Waals surface area contributed by atoms with Gasteiger partial charge in [-0.2, -0.15) is 0 Å². The number of carbonyl (C=O) groups excluding carboxylic acids is 1. The number of carbonyl (C=O) groups is 1. The second-order valence-electron chi connectivity index (χ2n) is 5.52. The fourth-order valence-electron chi connectivity index (χ4n) is 2.74. The van der Waals surface area contributed by atoms with Crippen molar-refractivity contribution >= 4 is 5.91 Å². The zero-order valence-electron chi connectivity index (χ0n) is 12.9. The van der Waals surface area contributed by atoms with Gasteiger partial charge in [0.15, 0.2) is 0 Å². The summed E-state index contributed by atoms with van der Waals surface area (Å²) in [5, 5.41) is 3.02. The number of nitrogens with one attached hydrogen (secondary N) is 1. The first-order valence-corrected chi connectivity index (χ1v) is 7.86. The summed E-state index contributed by atoms with van der Waals surface area (Å²) in [6, 6.07) is 7.87. The standard InChI is InChI=1S/C18H25NO2/c1-21-17-10-6-5-9-16(17)11-12-18(20)19-14-13-15-7-3-2-4-8-15/h5-7,9-10H,2-4,8,11-14H2,1H3,(H,19,20). The van der Waals surface area contributed by atoms with Crippen LogP contribution in [0.25, 0.3) is 0 Å². The zero-order chi connectivity index (χ0) is 14.9. The van der Waals surface area contributed by atoms with Crippen molar-refractivity contribution in [2.45, 2.75) is 44.9 Å². The van der Waals surface area contributed by atoms with Crippen LogP contribution in [0.15, 0.2) is 35.9 Å². The van der Waals surface area contributed by atoms with Gasteiger partial charge in [0, 0.05) is 13.0 Å². The molecule has 0 aromatic heterocycles. The Kier molecular flexibility index (Phi) is 6.32. The van der Waals surface area contributed by atoms with E-state index in [1.54, 1.807) is 7.11 Å². The van der Waals surface area contributed by atoms with E-state index in [1.807, 2.05) is 24.3 Å². The number of allylic oxidation sites excluding steroid dienone is 1. The van der Waals surface area contributed by atoms with Crippen LogP contribution in [0.1, 0.15) is 44.1 Å². The first-order valence-electron chi connectivity index (χ1n) is 7.86. The monoisotopic (exact) mass is 287 g/mol. The predicted molar refractivity (Wildman–Crippen MR) is 85.5 cm³/mol. The number of hydrogen-bond acceptors (Lipinski definition) is 2. The molecular formula is C18H25NO2. The Morgan fingerprint density at radius 1 is 1.24 bits per heavy atom. The average molecular weight is 287 g/mol. The molecule has 2 rings (SSSR count). The Morgan fingerprint density at radius 3 is 2.86 bits per heavy atom. The number of ether oxygens (including phenoxy) is 1. The summed E-state index contributed by atoms with van der Waals surface area (Å²) in [6.07, 6.45) is 9.60. The van der Waals surface area contributed by atoms with Gasteiger partial charge in [-0.15, -0.1) is 0 Å². The third kappa shape index (κ3) is 5.25. The van der Waals surface area contributed by atoms with Gasteiger partial charge >= 0.3 is 0 Å². The van der Waals surface area contributed by atoms with Crippen molar-refractivity contribution in [1.82, 2.24) is 5.32 Å². The van der Waals surface area contributed by atoms with Crippen LogP contribution in [0.5, 0.6) is 5.75 Å². The van der Waals surface area contributed by atoms with E-state index >= 15 is 0 Å². The topological polar surface area (TPSA) is 38.3 Å². The molecule has 1 N–H and O–H groups in total. The Labute approximate surface area is 127 Å². The molecule has 0 saturated carbocycles. The maximum atomic E-state index is 11.9. The van der Waals surface area contributed by atoms with Crippen LogP contribution in [0.4, 0.5) is 0 Å². The zero-order valence-corrected chi connectivity index (χ0v) is 12.9. The third-order valence-electron chi connectivity index (χ3n) is 3.97. The fourth-order valence-corrected chi connectivity index (χ4v) is 2.74. The molecule has 0 radical (unpaired) electrons. The second-order valence-corrected chi connectivity index (χ2v) is 5.52. The molecule has 0 atom stereocenters. The quantitative estimate of drug-likeness (QED) is 0.778. The molecule has 3 nitrogen and oxygen atoms in total. The normalized spacial score (nSPS) is 14.4. The van der Waals surface area contributed by atoms with Gasteiger partial charge < -0.3 is 10.1 Å². The lowest BCUT2D eigenvalue weighted by molar-refractivity contribution is -0.121. The van der Waals surface area contributed by atoms with E-state index in [0.717, 1.165) is 30.7 Å². The summed E-state index contributed by atoms with van der Waals surface area (Å²) in [5.41, 5.74) is 2.59. The Morgan fingerprint density at radius 2 is 2.10 bits per heavy atom. The van der Waals surface area contributed by atoms with Gasteiger partial charge in [-0.1, -0.05) is 29.8 Å². The Bertz CT molecular complexity index is 494. The molecule has 0 unspecified atom stereocenters. The lowest BCUT2D eigenvalue weighted by atomic mass is 9.97. The molecule has 0 heterocycles. The van der Waals surface area contributed by atoms with Gasteiger partial charge in [-0.3, -0.25) is 4.79 Å². The molecule has 0 saturated heterocycles. The molecule has 114 valence electrons. The average Bonchev–Trinajstić information content (AvgIpc) is 2.54. The number of para-hydroxylation sites is 1. The van der Waals surface area contributed by atoms with Crippen LogP contribution in [0.3, 0.4) is 0 Å². The Balaban J connectivity index is 1.68. The summed E-state index contributed by atoms with van der Waals surface area (Å²) >= 11 is 0. The number of rotatable bonds is 7. The van der Waals surface area contributed by atoms with E-state index < -0.39 is 0 Å². The van der Waals surface area contributed by atoms with Gasteiger partial charge in [-0.25, -0.2) is 0 Å². The van der Waals surface area contributed by atoms with E-state index in [0.29, 0.717) is 6.42 Å². The number of methoxy groups -OCH3 is 1. The number of amides is 1. The molecule has 1 amide bonds. The first-order chi connectivity index (χ1) is 10.3. The largest absolute Gasteiger partial charge is 0.496 e. The molecule has 0 aliphatic heterocycles. The molecule has 3 heteroatoms. The lowest BCUT2D eigenvalue weighted by Crippen LogP contribution is -2.25. The summed E-state index contributed by atoms with van der Waals surface area (Å²) in [5.74, 6) is 0.981. The van der Waals surface area contributed by atoms with Crippen LogP contribution < -0.4 is 10.1 Å². The van der Waals surface area contributed by atoms with Crippen molar-refractivity contribution in [2.75, 3.05) is 13.7 Å². The highest BCUT2D eigenvalue weighted by atomic mass is 16.5.